The van der Waals surface area contributed by atoms with Crippen LogP contribution in [0.2, 0.25) is 5.02 Å². The first kappa shape index (κ1) is 22.4. The van der Waals surface area contributed by atoms with E-state index in [1.54, 1.807) is 24.0 Å². The molecule has 2 aromatic rings. The summed E-state index contributed by atoms with van der Waals surface area (Å²) in [6, 6.07) is 14.4. The van der Waals surface area contributed by atoms with Crippen LogP contribution in [0.1, 0.15) is 37.8 Å². The highest BCUT2D eigenvalue weighted by atomic mass is 79.9. The third-order valence-corrected chi connectivity index (χ3v) is 5.21. The van der Waals surface area contributed by atoms with E-state index in [9.17, 15) is 9.59 Å². The molecule has 0 spiro atoms. The summed E-state index contributed by atoms with van der Waals surface area (Å²) in [4.78, 5) is 27.3. The number of carbonyl (C=O) groups is 2. The van der Waals surface area contributed by atoms with Crippen molar-refractivity contribution in [2.75, 3.05) is 6.54 Å². The average Bonchev–Trinajstić information content (AvgIpc) is 2.65. The molecule has 0 saturated carbocycles. The van der Waals surface area contributed by atoms with E-state index in [1.165, 1.54) is 0 Å². The Hall–Kier alpha value is -1.85. The molecule has 150 valence electrons. The number of amides is 2. The van der Waals surface area contributed by atoms with Gasteiger partial charge in [-0.15, -0.1) is 0 Å². The van der Waals surface area contributed by atoms with Crippen LogP contribution in [0, 0.1) is 0 Å². The van der Waals surface area contributed by atoms with Crippen molar-refractivity contribution >= 4 is 39.3 Å². The van der Waals surface area contributed by atoms with Crippen LogP contribution in [0.25, 0.3) is 0 Å². The molecule has 1 atom stereocenters. The second-order valence-electron chi connectivity index (χ2n) is 6.78. The second-order valence-corrected chi connectivity index (χ2v) is 8.13. The van der Waals surface area contributed by atoms with Gasteiger partial charge in [0.25, 0.3) is 0 Å². The molecular weight excluding hydrogens is 440 g/mol. The molecule has 0 fully saturated rings. The first-order chi connectivity index (χ1) is 13.4. The largest absolute Gasteiger partial charge is 0.354 e. The smallest absolute Gasteiger partial charge is 0.242 e. The normalized spacial score (nSPS) is 11.7. The van der Waals surface area contributed by atoms with Gasteiger partial charge in [0.15, 0.2) is 0 Å². The van der Waals surface area contributed by atoms with Crippen LogP contribution in [0.3, 0.4) is 0 Å². The van der Waals surface area contributed by atoms with Crippen molar-refractivity contribution in [1.82, 2.24) is 10.2 Å². The maximum atomic E-state index is 13.1. The molecule has 0 bridgehead atoms. The summed E-state index contributed by atoms with van der Waals surface area (Å²) in [6.45, 7) is 4.83. The van der Waals surface area contributed by atoms with Crippen molar-refractivity contribution in [3.8, 4) is 0 Å². The van der Waals surface area contributed by atoms with Crippen LogP contribution in [0.5, 0.6) is 0 Å². The van der Waals surface area contributed by atoms with Gasteiger partial charge in [0.2, 0.25) is 11.8 Å². The average molecular weight is 466 g/mol. The number of carbonyl (C=O) groups excluding carboxylic acids is 2. The highest BCUT2D eigenvalue weighted by molar-refractivity contribution is 9.10. The minimum Gasteiger partial charge on any atom is -0.354 e. The van der Waals surface area contributed by atoms with Gasteiger partial charge in [-0.3, -0.25) is 9.59 Å². The number of nitrogens with zero attached hydrogens (tertiary/aromatic N) is 1. The molecule has 2 aromatic carbocycles. The van der Waals surface area contributed by atoms with Crippen molar-refractivity contribution in [2.24, 2.45) is 0 Å². The molecule has 0 aliphatic rings. The lowest BCUT2D eigenvalue weighted by Gasteiger charge is -2.29. The lowest BCUT2D eigenvalue weighted by molar-refractivity contribution is -0.140. The molecule has 4 nitrogen and oxygen atoms in total. The first-order valence-corrected chi connectivity index (χ1v) is 10.6. The lowest BCUT2D eigenvalue weighted by atomic mass is 10.1. The first-order valence-electron chi connectivity index (χ1n) is 9.46. The zero-order valence-electron chi connectivity index (χ0n) is 16.3. The fourth-order valence-corrected chi connectivity index (χ4v) is 3.53. The minimum absolute atomic E-state index is 0.111. The molecule has 0 unspecified atom stereocenters. The van der Waals surface area contributed by atoms with Gasteiger partial charge < -0.3 is 10.2 Å². The topological polar surface area (TPSA) is 49.4 Å². The van der Waals surface area contributed by atoms with Gasteiger partial charge >= 0.3 is 0 Å². The van der Waals surface area contributed by atoms with Crippen molar-refractivity contribution < 1.29 is 9.59 Å². The van der Waals surface area contributed by atoms with E-state index in [0.29, 0.717) is 18.1 Å². The highest BCUT2D eigenvalue weighted by Crippen LogP contribution is 2.17. The maximum Gasteiger partial charge on any atom is 0.242 e. The Bertz CT molecular complexity index is 813. The van der Waals surface area contributed by atoms with E-state index in [4.69, 9.17) is 11.6 Å². The molecular formula is C22H26BrClN2O2. The number of rotatable bonds is 9. The molecule has 0 radical (unpaired) electrons. The maximum absolute atomic E-state index is 13.1. The van der Waals surface area contributed by atoms with Crippen LogP contribution < -0.4 is 5.32 Å². The Kier molecular flexibility index (Phi) is 9.00. The van der Waals surface area contributed by atoms with Crippen LogP contribution >= 0.6 is 27.5 Å². The van der Waals surface area contributed by atoms with Crippen molar-refractivity contribution in [1.29, 1.82) is 0 Å². The fraction of sp³-hybridized carbons (Fsp3) is 0.364. The third kappa shape index (κ3) is 6.95. The number of halogens is 2. The standard InChI is InChI=1S/C22H26BrClN2O2/c1-3-4-11-25-22(28)16(2)26(15-18-8-5-9-19(23)12-18)21(27)14-17-7-6-10-20(24)13-17/h5-10,12-13,16H,3-4,11,14-15H2,1-2H3,(H,25,28)/t16-/m0/s1. The van der Waals surface area contributed by atoms with Gasteiger partial charge in [-0.25, -0.2) is 0 Å². The molecule has 0 aliphatic heterocycles. The van der Waals surface area contributed by atoms with E-state index < -0.39 is 6.04 Å². The van der Waals surface area contributed by atoms with Gasteiger partial charge in [0.05, 0.1) is 6.42 Å². The van der Waals surface area contributed by atoms with Crippen molar-refractivity contribution in [2.45, 2.75) is 45.7 Å². The number of hydrogen-bond donors (Lipinski definition) is 1. The Morgan fingerprint density at radius 1 is 1.14 bits per heavy atom. The van der Waals surface area contributed by atoms with Gasteiger partial charge in [-0.2, -0.15) is 0 Å². The van der Waals surface area contributed by atoms with Gasteiger partial charge in [-0.1, -0.05) is 65.1 Å². The van der Waals surface area contributed by atoms with Crippen LogP contribution in [-0.2, 0) is 22.6 Å². The van der Waals surface area contributed by atoms with E-state index in [-0.39, 0.29) is 18.2 Å². The minimum atomic E-state index is -0.567. The van der Waals surface area contributed by atoms with Crippen LogP contribution in [0.15, 0.2) is 53.0 Å². The highest BCUT2D eigenvalue weighted by Gasteiger charge is 2.26. The quantitative estimate of drug-likeness (QED) is 0.531. The van der Waals surface area contributed by atoms with Crippen molar-refractivity contribution in [3.63, 3.8) is 0 Å². The number of hydrogen-bond acceptors (Lipinski definition) is 2. The number of unbranched alkanes of at least 4 members (excludes halogenated alkanes) is 1. The molecule has 2 rings (SSSR count). The monoisotopic (exact) mass is 464 g/mol. The SMILES string of the molecule is CCCCNC(=O)[C@H](C)N(Cc1cccc(Br)c1)C(=O)Cc1cccc(Cl)c1. The molecule has 6 heteroatoms. The molecule has 0 heterocycles. The summed E-state index contributed by atoms with van der Waals surface area (Å²) in [5.74, 6) is -0.247. The Morgan fingerprint density at radius 3 is 2.54 bits per heavy atom. The third-order valence-electron chi connectivity index (χ3n) is 4.48. The van der Waals surface area contributed by atoms with Gasteiger partial charge in [0, 0.05) is 22.6 Å². The number of nitrogens with one attached hydrogen (secondary N) is 1. The van der Waals surface area contributed by atoms with Gasteiger partial charge in [-0.05, 0) is 48.7 Å². The molecule has 0 aromatic heterocycles. The molecule has 0 aliphatic carbocycles. The summed E-state index contributed by atoms with van der Waals surface area (Å²) in [5, 5.41) is 3.52. The van der Waals surface area contributed by atoms with Crippen LogP contribution in [0.4, 0.5) is 0 Å². The predicted octanol–water partition coefficient (Wildman–Crippen LogP) is 4.98. The van der Waals surface area contributed by atoms with E-state index in [1.807, 2.05) is 36.4 Å². The summed E-state index contributed by atoms with van der Waals surface area (Å²) in [6.07, 6.45) is 2.12. The zero-order chi connectivity index (χ0) is 20.5. The molecule has 0 saturated heterocycles. The van der Waals surface area contributed by atoms with E-state index >= 15 is 0 Å². The Morgan fingerprint density at radius 2 is 1.86 bits per heavy atom. The van der Waals surface area contributed by atoms with E-state index in [2.05, 4.69) is 28.2 Å². The fourth-order valence-electron chi connectivity index (χ4n) is 2.87. The summed E-state index contributed by atoms with van der Waals surface area (Å²) in [7, 11) is 0. The van der Waals surface area contributed by atoms with Crippen molar-refractivity contribution in [3.05, 3.63) is 69.2 Å². The molecule has 28 heavy (non-hydrogen) atoms. The Balaban J connectivity index is 2.18. The molecule has 1 N–H and O–H groups in total. The van der Waals surface area contributed by atoms with E-state index in [0.717, 1.165) is 28.4 Å². The van der Waals surface area contributed by atoms with Gasteiger partial charge in [0.1, 0.15) is 6.04 Å². The lowest BCUT2D eigenvalue weighted by Crippen LogP contribution is -2.48. The summed E-state index contributed by atoms with van der Waals surface area (Å²) >= 11 is 9.51. The summed E-state index contributed by atoms with van der Waals surface area (Å²) in [5.41, 5.74) is 1.79. The van der Waals surface area contributed by atoms with Crippen LogP contribution in [-0.4, -0.2) is 29.3 Å². The number of benzene rings is 2. The second kappa shape index (κ2) is 11.2. The molecule has 2 amide bonds. The Labute approximate surface area is 180 Å². The zero-order valence-corrected chi connectivity index (χ0v) is 18.6. The predicted molar refractivity (Wildman–Crippen MR) is 117 cm³/mol. The summed E-state index contributed by atoms with van der Waals surface area (Å²) < 4.78 is 0.937.